The predicted octanol–water partition coefficient (Wildman–Crippen LogP) is 8.33. The van der Waals surface area contributed by atoms with E-state index in [1.807, 2.05) is 29.7 Å². The van der Waals surface area contributed by atoms with E-state index in [1.165, 1.54) is 19.1 Å². The largest absolute Gasteiger partial charge is 0.480 e. The summed E-state index contributed by atoms with van der Waals surface area (Å²) in [5, 5.41) is 14.0. The van der Waals surface area contributed by atoms with Crippen LogP contribution in [0.4, 0.5) is 8.78 Å². The summed E-state index contributed by atoms with van der Waals surface area (Å²) < 4.78 is 36.2. The Hall–Kier alpha value is -2.86. The first-order valence-electron chi connectivity index (χ1n) is 18.8. The lowest BCUT2D eigenvalue weighted by molar-refractivity contribution is -0.143. The summed E-state index contributed by atoms with van der Waals surface area (Å²) in [6, 6.07) is 6.38. The summed E-state index contributed by atoms with van der Waals surface area (Å²) in [6.45, 7) is 17.7. The number of rotatable bonds is 10. The van der Waals surface area contributed by atoms with Gasteiger partial charge in [0.05, 0.1) is 12.1 Å². The fraction of sp³-hybridized carbons (Fsp3) is 0.625. The number of hydrogen-bond acceptors (Lipinski definition) is 5. The molecule has 2 aromatic rings. The minimum Gasteiger partial charge on any atom is -0.480 e. The highest BCUT2D eigenvalue weighted by Gasteiger charge is 2.51. The van der Waals surface area contributed by atoms with Crippen molar-refractivity contribution < 1.29 is 32.7 Å². The molecular formula is C40H56ClF2N3O5Si. The number of nitrogens with zero attached hydrogens (tertiary/aromatic N) is 2. The number of carbonyl (C=O) groups is 3. The fourth-order valence-corrected chi connectivity index (χ4v) is 10.0. The van der Waals surface area contributed by atoms with Gasteiger partial charge in [-0.1, -0.05) is 51.4 Å². The van der Waals surface area contributed by atoms with Crippen LogP contribution in [0.2, 0.25) is 23.2 Å². The van der Waals surface area contributed by atoms with Crippen molar-refractivity contribution in [3.05, 3.63) is 69.2 Å². The second-order valence-electron chi connectivity index (χ2n) is 16.8. The number of aryl methyl sites for hydroxylation is 1. The smallest absolute Gasteiger partial charge is 0.321 e. The third-order valence-corrected chi connectivity index (χ3v) is 17.3. The SMILES string of the molecule is CC[C@H](NC(C)=O)c1cc(C)c(Cl)cc1C1CCN(C(=O)[C@@H]2CC(N3C[C@H](O[Si](C)(C)C(C)(C)C)C[C@@H]3C(=O)O)C[C@H]2c2ccc(F)cc2F)CC1. The van der Waals surface area contributed by atoms with Gasteiger partial charge in [-0.2, -0.15) is 0 Å². The van der Waals surface area contributed by atoms with Gasteiger partial charge >= 0.3 is 5.97 Å². The van der Waals surface area contributed by atoms with Crippen LogP contribution in [0.25, 0.3) is 0 Å². The number of hydrogen-bond donors (Lipinski definition) is 2. The highest BCUT2D eigenvalue weighted by atomic mass is 35.5. The van der Waals surface area contributed by atoms with Crippen molar-refractivity contribution in [1.82, 2.24) is 15.1 Å². The predicted molar refractivity (Wildman–Crippen MR) is 202 cm³/mol. The molecule has 0 aromatic heterocycles. The molecule has 2 amide bonds. The summed E-state index contributed by atoms with van der Waals surface area (Å²) in [7, 11) is -2.18. The van der Waals surface area contributed by atoms with Crippen LogP contribution in [0.3, 0.4) is 0 Å². The molecule has 6 atom stereocenters. The molecule has 52 heavy (non-hydrogen) atoms. The van der Waals surface area contributed by atoms with Gasteiger partial charge in [-0.15, -0.1) is 0 Å². The van der Waals surface area contributed by atoms with E-state index in [9.17, 15) is 23.9 Å². The zero-order chi connectivity index (χ0) is 38.3. The van der Waals surface area contributed by atoms with Gasteiger partial charge in [0.1, 0.15) is 17.7 Å². The third-order valence-electron chi connectivity index (χ3n) is 12.3. The number of halogens is 3. The van der Waals surface area contributed by atoms with Gasteiger partial charge in [0.25, 0.3) is 0 Å². The molecule has 1 unspecified atom stereocenters. The first-order chi connectivity index (χ1) is 24.3. The molecule has 2 saturated heterocycles. The average Bonchev–Trinajstić information content (AvgIpc) is 3.68. The van der Waals surface area contributed by atoms with Gasteiger partial charge in [-0.05, 0) is 110 Å². The Morgan fingerprint density at radius 3 is 2.31 bits per heavy atom. The van der Waals surface area contributed by atoms with Crippen LogP contribution in [0.1, 0.15) is 113 Å². The maximum absolute atomic E-state index is 15.4. The van der Waals surface area contributed by atoms with E-state index in [0.29, 0.717) is 62.3 Å². The van der Waals surface area contributed by atoms with E-state index < -0.39 is 43.8 Å². The Morgan fingerprint density at radius 2 is 1.73 bits per heavy atom. The fourth-order valence-electron chi connectivity index (χ4n) is 8.51. The van der Waals surface area contributed by atoms with Crippen LogP contribution in [0, 0.1) is 24.5 Å². The molecule has 1 saturated carbocycles. The summed E-state index contributed by atoms with van der Waals surface area (Å²) in [6.07, 6.45) is 2.97. The minimum absolute atomic E-state index is 0.0426. The highest BCUT2D eigenvalue weighted by molar-refractivity contribution is 6.74. The number of aliphatic carboxylic acids is 1. The second-order valence-corrected chi connectivity index (χ2v) is 21.9. The lowest BCUT2D eigenvalue weighted by atomic mass is 9.82. The molecule has 2 heterocycles. The van der Waals surface area contributed by atoms with Crippen LogP contribution in [-0.2, 0) is 18.8 Å². The topological polar surface area (TPSA) is 99.2 Å². The quantitative estimate of drug-likeness (QED) is 0.237. The average molecular weight is 760 g/mol. The molecule has 5 rings (SSSR count). The standard InChI is InChI=1S/C40H56ClF2N3O5Si/c1-9-36(44-24(3)47)32-16-23(2)34(41)21-30(32)25-12-14-45(15-13-25)38(48)33-19-27(18-31(33)29-11-10-26(42)17-35(29)43)46-22-28(20-37(46)39(49)50)51-52(7,8)40(4,5)6/h10-11,16-17,21,25,27-28,31,33,36-37H,9,12-15,18-20,22H2,1-8H3,(H,44,47)(H,49,50)/t27?,28-,31+,33-,36+,37-/m1/s1. The Kier molecular flexibility index (Phi) is 12.3. The first-order valence-corrected chi connectivity index (χ1v) is 22.1. The summed E-state index contributed by atoms with van der Waals surface area (Å²) in [5.41, 5.74) is 3.36. The number of likely N-dealkylation sites (tertiary alicyclic amines) is 2. The Bertz CT molecular complexity index is 1660. The van der Waals surface area contributed by atoms with Gasteiger partial charge in [0.15, 0.2) is 8.32 Å². The Morgan fingerprint density at radius 1 is 1.06 bits per heavy atom. The second kappa shape index (κ2) is 15.9. The Balaban J connectivity index is 1.38. The van der Waals surface area contributed by atoms with E-state index in [4.69, 9.17) is 16.0 Å². The van der Waals surface area contributed by atoms with Gasteiger partial charge in [0.2, 0.25) is 11.8 Å². The van der Waals surface area contributed by atoms with Crippen LogP contribution in [0.15, 0.2) is 30.3 Å². The van der Waals surface area contributed by atoms with E-state index in [1.54, 1.807) is 0 Å². The summed E-state index contributed by atoms with van der Waals surface area (Å²) in [4.78, 5) is 43.0. The third kappa shape index (κ3) is 8.58. The molecule has 0 radical (unpaired) electrons. The zero-order valence-corrected chi connectivity index (χ0v) is 33.7. The molecule has 8 nitrogen and oxygen atoms in total. The van der Waals surface area contributed by atoms with Crippen molar-refractivity contribution in [2.24, 2.45) is 5.92 Å². The van der Waals surface area contributed by atoms with Crippen molar-refractivity contribution in [2.45, 2.75) is 134 Å². The first kappa shape index (κ1) is 40.3. The van der Waals surface area contributed by atoms with Crippen molar-refractivity contribution in [3.8, 4) is 0 Å². The molecule has 2 N–H and O–H groups in total. The van der Waals surface area contributed by atoms with Crippen LogP contribution < -0.4 is 5.32 Å². The number of nitrogens with one attached hydrogen (secondary N) is 1. The normalized spacial score (nSPS) is 25.4. The molecule has 286 valence electrons. The molecule has 3 aliphatic rings. The molecule has 12 heteroatoms. The number of amides is 2. The molecular weight excluding hydrogens is 704 g/mol. The molecule has 1 aliphatic carbocycles. The maximum Gasteiger partial charge on any atom is 0.321 e. The number of carbonyl (C=O) groups excluding carboxylic acids is 2. The maximum atomic E-state index is 15.4. The zero-order valence-electron chi connectivity index (χ0n) is 31.9. The van der Waals surface area contributed by atoms with Crippen molar-refractivity contribution in [1.29, 1.82) is 0 Å². The summed E-state index contributed by atoms with van der Waals surface area (Å²) in [5.74, 6) is -3.48. The van der Waals surface area contributed by atoms with Crippen LogP contribution in [0.5, 0.6) is 0 Å². The summed E-state index contributed by atoms with van der Waals surface area (Å²) >= 11 is 6.63. The molecule has 2 aromatic carbocycles. The molecule has 2 aliphatic heterocycles. The van der Waals surface area contributed by atoms with Gasteiger partial charge in [0, 0.05) is 49.6 Å². The number of piperidine rings is 1. The van der Waals surface area contributed by atoms with Crippen molar-refractivity contribution in [3.63, 3.8) is 0 Å². The molecule has 0 spiro atoms. The Labute approximate surface area is 313 Å². The van der Waals surface area contributed by atoms with E-state index in [2.05, 4.69) is 45.2 Å². The minimum atomic E-state index is -2.18. The van der Waals surface area contributed by atoms with Gasteiger partial charge in [-0.3, -0.25) is 19.3 Å². The van der Waals surface area contributed by atoms with E-state index >= 15 is 4.39 Å². The van der Waals surface area contributed by atoms with Crippen molar-refractivity contribution >= 4 is 37.7 Å². The molecule has 0 bridgehead atoms. The van der Waals surface area contributed by atoms with E-state index in [0.717, 1.165) is 29.2 Å². The van der Waals surface area contributed by atoms with Crippen LogP contribution in [-0.4, -0.2) is 78.8 Å². The number of carboxylic acid groups (broad SMARTS) is 1. The number of carboxylic acids is 1. The van der Waals surface area contributed by atoms with Gasteiger partial charge < -0.3 is 19.7 Å². The highest BCUT2D eigenvalue weighted by Crippen LogP contribution is 2.47. The van der Waals surface area contributed by atoms with Crippen LogP contribution >= 0.6 is 11.6 Å². The van der Waals surface area contributed by atoms with Gasteiger partial charge in [-0.25, -0.2) is 8.78 Å². The molecule has 3 fully saturated rings. The van der Waals surface area contributed by atoms with E-state index in [-0.39, 0.29) is 41.0 Å². The lowest BCUT2D eigenvalue weighted by Gasteiger charge is -2.38. The van der Waals surface area contributed by atoms with Crippen molar-refractivity contribution in [2.75, 3.05) is 19.6 Å². The monoisotopic (exact) mass is 759 g/mol. The number of benzene rings is 2. The lowest BCUT2D eigenvalue weighted by Crippen LogP contribution is -2.45.